The van der Waals surface area contributed by atoms with Gasteiger partial charge in [-0.25, -0.2) is 0 Å². The molecule has 0 atom stereocenters. The van der Waals surface area contributed by atoms with Crippen molar-refractivity contribution in [1.82, 2.24) is 19.6 Å². The SMILES string of the molecule is CCCCN(C)C12CN3CN(CN(C3)C1)C2. The van der Waals surface area contributed by atoms with E-state index in [4.69, 9.17) is 0 Å². The average molecular weight is 224 g/mol. The zero-order valence-electron chi connectivity index (χ0n) is 10.7. The Kier molecular flexibility index (Phi) is 2.70. The van der Waals surface area contributed by atoms with Gasteiger partial charge < -0.3 is 0 Å². The molecule has 16 heavy (non-hydrogen) atoms. The zero-order chi connectivity index (χ0) is 11.2. The Balaban J connectivity index is 1.72. The second-order valence-corrected chi connectivity index (χ2v) is 5.91. The van der Waals surface area contributed by atoms with Crippen LogP contribution < -0.4 is 0 Å². The number of nitrogens with zero attached hydrogens (tertiary/aromatic N) is 4. The van der Waals surface area contributed by atoms with Crippen molar-refractivity contribution in [2.24, 2.45) is 0 Å². The molecule has 4 fully saturated rings. The highest BCUT2D eigenvalue weighted by atomic mass is 15.6. The van der Waals surface area contributed by atoms with E-state index >= 15 is 0 Å². The first kappa shape index (κ1) is 11.0. The van der Waals surface area contributed by atoms with Gasteiger partial charge in [0.1, 0.15) is 0 Å². The van der Waals surface area contributed by atoms with Gasteiger partial charge in [0.15, 0.2) is 0 Å². The molecule has 0 aromatic rings. The van der Waals surface area contributed by atoms with Crippen LogP contribution in [-0.2, 0) is 0 Å². The van der Waals surface area contributed by atoms with Crippen molar-refractivity contribution in [3.63, 3.8) is 0 Å². The molecule has 0 aromatic heterocycles. The van der Waals surface area contributed by atoms with Crippen LogP contribution in [0.5, 0.6) is 0 Å². The van der Waals surface area contributed by atoms with Crippen LogP contribution in [0, 0.1) is 0 Å². The van der Waals surface area contributed by atoms with Crippen molar-refractivity contribution < 1.29 is 0 Å². The quantitative estimate of drug-likeness (QED) is 0.680. The molecule has 0 saturated carbocycles. The van der Waals surface area contributed by atoms with Gasteiger partial charge >= 0.3 is 0 Å². The Bertz CT molecular complexity index is 230. The number of hydrogen-bond donors (Lipinski definition) is 0. The smallest absolute Gasteiger partial charge is 0.0591 e. The maximum absolute atomic E-state index is 2.63. The van der Waals surface area contributed by atoms with E-state index in [1.807, 2.05) is 0 Å². The zero-order valence-corrected chi connectivity index (χ0v) is 10.7. The van der Waals surface area contributed by atoms with Gasteiger partial charge in [0, 0.05) is 19.6 Å². The van der Waals surface area contributed by atoms with Gasteiger partial charge in [0.05, 0.1) is 25.5 Å². The fourth-order valence-corrected chi connectivity index (χ4v) is 3.68. The van der Waals surface area contributed by atoms with Crippen LogP contribution in [0.2, 0.25) is 0 Å². The van der Waals surface area contributed by atoms with E-state index in [1.54, 1.807) is 0 Å². The molecule has 92 valence electrons. The van der Waals surface area contributed by atoms with Crippen molar-refractivity contribution in [2.75, 3.05) is 53.2 Å². The molecule has 0 spiro atoms. The summed E-state index contributed by atoms with van der Waals surface area (Å²) in [4.78, 5) is 10.4. The normalized spacial score (nSPS) is 45.6. The number of rotatable bonds is 4. The molecule has 0 aromatic carbocycles. The summed E-state index contributed by atoms with van der Waals surface area (Å²) in [5.74, 6) is 0. The minimum Gasteiger partial charge on any atom is -0.297 e. The van der Waals surface area contributed by atoms with E-state index in [1.165, 1.54) is 59.0 Å². The maximum atomic E-state index is 2.63. The lowest BCUT2D eigenvalue weighted by atomic mass is 9.89. The van der Waals surface area contributed by atoms with Crippen molar-refractivity contribution in [1.29, 1.82) is 0 Å². The van der Waals surface area contributed by atoms with E-state index in [0.717, 1.165) is 0 Å². The minimum atomic E-state index is 0.421. The second-order valence-electron chi connectivity index (χ2n) is 5.91. The van der Waals surface area contributed by atoms with E-state index < -0.39 is 0 Å². The summed E-state index contributed by atoms with van der Waals surface area (Å²) in [5.41, 5.74) is 0.421. The molecule has 4 bridgehead atoms. The molecule has 4 aliphatic rings. The van der Waals surface area contributed by atoms with Gasteiger partial charge in [-0.3, -0.25) is 19.6 Å². The Morgan fingerprint density at radius 2 is 1.50 bits per heavy atom. The molecule has 0 unspecified atom stereocenters. The summed E-state index contributed by atoms with van der Waals surface area (Å²) in [6, 6.07) is 0. The largest absolute Gasteiger partial charge is 0.297 e. The van der Waals surface area contributed by atoms with Crippen molar-refractivity contribution >= 4 is 0 Å². The maximum Gasteiger partial charge on any atom is 0.0591 e. The van der Waals surface area contributed by atoms with E-state index in [9.17, 15) is 0 Å². The second kappa shape index (κ2) is 3.95. The third kappa shape index (κ3) is 1.68. The number of hydrogen-bond acceptors (Lipinski definition) is 4. The lowest BCUT2D eigenvalue weighted by molar-refractivity contribution is -0.179. The Hall–Kier alpha value is -0.160. The molecule has 4 heterocycles. The summed E-state index contributed by atoms with van der Waals surface area (Å²) >= 11 is 0. The van der Waals surface area contributed by atoms with Gasteiger partial charge in [-0.05, 0) is 20.0 Å². The number of likely N-dealkylation sites (N-methyl/N-ethyl adjacent to an activating group) is 1. The molecule has 4 nitrogen and oxygen atoms in total. The summed E-state index contributed by atoms with van der Waals surface area (Å²) < 4.78 is 0. The lowest BCUT2D eigenvalue weighted by Crippen LogP contribution is -2.79. The molecule has 0 N–H and O–H groups in total. The van der Waals surface area contributed by atoms with Crippen LogP contribution >= 0.6 is 0 Å². The highest BCUT2D eigenvalue weighted by Gasteiger charge is 2.50. The van der Waals surface area contributed by atoms with E-state index in [-0.39, 0.29) is 0 Å². The third-order valence-corrected chi connectivity index (χ3v) is 4.41. The molecule has 0 aliphatic carbocycles. The fraction of sp³-hybridized carbons (Fsp3) is 1.00. The van der Waals surface area contributed by atoms with Gasteiger partial charge in [0.2, 0.25) is 0 Å². The fourth-order valence-electron chi connectivity index (χ4n) is 3.68. The first-order valence-corrected chi connectivity index (χ1v) is 6.60. The molecule has 0 radical (unpaired) electrons. The van der Waals surface area contributed by atoms with Gasteiger partial charge in [-0.1, -0.05) is 13.3 Å². The predicted octanol–water partition coefficient (Wildman–Crippen LogP) is 0.276. The Labute approximate surface area is 98.8 Å². The van der Waals surface area contributed by atoms with Crippen LogP contribution in [0.3, 0.4) is 0 Å². The summed E-state index contributed by atoms with van der Waals surface area (Å²) in [5, 5.41) is 0. The molecular formula is C12H24N4. The summed E-state index contributed by atoms with van der Waals surface area (Å²) in [6.07, 6.45) is 2.63. The van der Waals surface area contributed by atoms with Crippen molar-refractivity contribution in [3.05, 3.63) is 0 Å². The van der Waals surface area contributed by atoms with Crippen molar-refractivity contribution in [2.45, 2.75) is 25.3 Å². The highest BCUT2D eigenvalue weighted by Crippen LogP contribution is 2.32. The topological polar surface area (TPSA) is 13.0 Å². The standard InChI is InChI=1S/C12H24N4/c1-3-4-5-13(2)12-6-14-9-15(7-12)11-16(8-12)10-14/h3-11H2,1-2H3. The van der Waals surface area contributed by atoms with Crippen molar-refractivity contribution in [3.8, 4) is 0 Å². The average Bonchev–Trinajstić information content (AvgIpc) is 2.24. The Morgan fingerprint density at radius 3 is 1.94 bits per heavy atom. The third-order valence-electron chi connectivity index (χ3n) is 4.41. The summed E-state index contributed by atoms with van der Waals surface area (Å²) in [7, 11) is 2.33. The van der Waals surface area contributed by atoms with Crippen LogP contribution in [0.4, 0.5) is 0 Å². The van der Waals surface area contributed by atoms with E-state index in [2.05, 4.69) is 33.6 Å². The highest BCUT2D eigenvalue weighted by molar-refractivity contribution is 5.05. The molecule has 4 saturated heterocycles. The molecular weight excluding hydrogens is 200 g/mol. The summed E-state index contributed by atoms with van der Waals surface area (Å²) in [6.45, 7) is 11.0. The minimum absolute atomic E-state index is 0.421. The van der Waals surface area contributed by atoms with Gasteiger partial charge in [0.25, 0.3) is 0 Å². The molecule has 0 amide bonds. The first-order chi connectivity index (χ1) is 7.72. The van der Waals surface area contributed by atoms with E-state index in [0.29, 0.717) is 5.54 Å². The monoisotopic (exact) mass is 224 g/mol. The van der Waals surface area contributed by atoms with Gasteiger partial charge in [-0.15, -0.1) is 0 Å². The molecule has 4 heteroatoms. The van der Waals surface area contributed by atoms with Crippen LogP contribution in [-0.4, -0.2) is 78.4 Å². The van der Waals surface area contributed by atoms with Crippen LogP contribution in [0.15, 0.2) is 0 Å². The first-order valence-electron chi connectivity index (χ1n) is 6.60. The predicted molar refractivity (Wildman–Crippen MR) is 65.0 cm³/mol. The Morgan fingerprint density at radius 1 is 1.00 bits per heavy atom. The number of unbranched alkanes of at least 4 members (excludes halogenated alkanes) is 1. The van der Waals surface area contributed by atoms with Gasteiger partial charge in [-0.2, -0.15) is 0 Å². The molecule has 4 aliphatic heterocycles. The van der Waals surface area contributed by atoms with Crippen LogP contribution in [0.1, 0.15) is 19.8 Å². The van der Waals surface area contributed by atoms with Crippen LogP contribution in [0.25, 0.3) is 0 Å². The molecule has 4 rings (SSSR count). The lowest BCUT2D eigenvalue weighted by Gasteiger charge is -2.63.